The number of nitro groups is 1. The summed E-state index contributed by atoms with van der Waals surface area (Å²) in [7, 11) is 1.64. The van der Waals surface area contributed by atoms with Crippen LogP contribution in [0.3, 0.4) is 0 Å². The predicted molar refractivity (Wildman–Crippen MR) is 108 cm³/mol. The smallest absolute Gasteiger partial charge is 0.269 e. The maximum atomic E-state index is 10.9. The zero-order chi connectivity index (χ0) is 19.3. The lowest BCUT2D eigenvalue weighted by Crippen LogP contribution is -2.37. The molecule has 0 amide bonds. The molecule has 0 spiro atoms. The molecular weight excluding hydrogens is 348 g/mol. The fourth-order valence-electron chi connectivity index (χ4n) is 2.56. The first-order valence-electron chi connectivity index (χ1n) is 8.39. The lowest BCUT2D eigenvalue weighted by molar-refractivity contribution is -0.384. The summed E-state index contributed by atoms with van der Waals surface area (Å²) < 4.78 is 5.51. The van der Waals surface area contributed by atoms with E-state index in [4.69, 9.17) is 17.0 Å². The third-order valence-corrected chi connectivity index (χ3v) is 4.82. The number of nitrogens with one attached hydrogen (secondary N) is 1. The van der Waals surface area contributed by atoms with Crippen LogP contribution in [0.5, 0.6) is 5.75 Å². The largest absolute Gasteiger partial charge is 0.496 e. The van der Waals surface area contributed by atoms with Crippen molar-refractivity contribution in [1.29, 1.82) is 0 Å². The van der Waals surface area contributed by atoms with Crippen molar-refractivity contribution in [3.8, 4) is 5.75 Å². The standard InChI is InChI=1S/C20H24N2O3S/c1-20(2,3)19(26)21-17(16-7-5-6-8-18(16)25-4)13-14-9-11-15(12-10-14)22(23)24/h5-12,17H,13H2,1-4H3,(H,21,26). The van der Waals surface area contributed by atoms with Gasteiger partial charge in [-0.05, 0) is 18.1 Å². The second kappa shape index (κ2) is 8.27. The lowest BCUT2D eigenvalue weighted by Gasteiger charge is -2.28. The highest BCUT2D eigenvalue weighted by Gasteiger charge is 2.23. The van der Waals surface area contributed by atoms with E-state index in [1.165, 1.54) is 12.1 Å². The van der Waals surface area contributed by atoms with Crippen molar-refractivity contribution in [2.75, 3.05) is 7.11 Å². The number of nitrogens with zero attached hydrogens (tertiary/aromatic N) is 1. The second-order valence-corrected chi connectivity index (χ2v) is 7.55. The molecule has 6 heteroatoms. The molecule has 0 aliphatic heterocycles. The molecule has 26 heavy (non-hydrogen) atoms. The molecule has 1 atom stereocenters. The quantitative estimate of drug-likeness (QED) is 0.446. The Hall–Kier alpha value is -2.47. The third-order valence-electron chi connectivity index (χ3n) is 4.09. The van der Waals surface area contributed by atoms with Crippen molar-refractivity contribution in [3.05, 3.63) is 69.8 Å². The summed E-state index contributed by atoms with van der Waals surface area (Å²) in [4.78, 5) is 11.2. The van der Waals surface area contributed by atoms with E-state index in [0.717, 1.165) is 21.9 Å². The Balaban J connectivity index is 2.33. The van der Waals surface area contributed by atoms with Gasteiger partial charge in [0.25, 0.3) is 5.69 Å². The molecule has 1 N–H and O–H groups in total. The SMILES string of the molecule is COc1ccccc1C(Cc1ccc([N+](=O)[O-])cc1)NC(=S)C(C)(C)C. The Morgan fingerprint density at radius 3 is 2.35 bits per heavy atom. The predicted octanol–water partition coefficient (Wildman–Crippen LogP) is 4.85. The van der Waals surface area contributed by atoms with Crippen molar-refractivity contribution < 1.29 is 9.66 Å². The molecule has 2 aromatic carbocycles. The number of thiocarbonyl (C=S) groups is 1. The van der Waals surface area contributed by atoms with Crippen LogP contribution in [0.4, 0.5) is 5.69 Å². The van der Waals surface area contributed by atoms with Crippen LogP contribution < -0.4 is 10.1 Å². The van der Waals surface area contributed by atoms with Crippen molar-refractivity contribution >= 4 is 22.9 Å². The molecule has 2 rings (SSSR count). The monoisotopic (exact) mass is 372 g/mol. The van der Waals surface area contributed by atoms with Crippen LogP contribution in [0.2, 0.25) is 0 Å². The van der Waals surface area contributed by atoms with Crippen molar-refractivity contribution in [3.63, 3.8) is 0 Å². The molecular formula is C20H24N2O3S. The number of non-ortho nitro benzene ring substituents is 1. The van der Waals surface area contributed by atoms with Crippen LogP contribution in [-0.4, -0.2) is 17.0 Å². The molecule has 0 saturated carbocycles. The van der Waals surface area contributed by atoms with Gasteiger partial charge < -0.3 is 10.1 Å². The highest BCUT2D eigenvalue weighted by molar-refractivity contribution is 7.80. The van der Waals surface area contributed by atoms with E-state index in [1.807, 2.05) is 24.3 Å². The summed E-state index contributed by atoms with van der Waals surface area (Å²) in [5, 5.41) is 14.3. The summed E-state index contributed by atoms with van der Waals surface area (Å²) in [6.07, 6.45) is 0.634. The van der Waals surface area contributed by atoms with Crippen LogP contribution >= 0.6 is 12.2 Å². The minimum absolute atomic E-state index is 0.0840. The highest BCUT2D eigenvalue weighted by Crippen LogP contribution is 2.29. The number of hydrogen-bond donors (Lipinski definition) is 1. The highest BCUT2D eigenvalue weighted by atomic mass is 32.1. The Kier molecular flexibility index (Phi) is 6.32. The number of para-hydroxylation sites is 1. The third kappa shape index (κ3) is 5.02. The van der Waals surface area contributed by atoms with Gasteiger partial charge in [0.1, 0.15) is 5.75 Å². The molecule has 0 radical (unpaired) electrons. The van der Waals surface area contributed by atoms with E-state index in [1.54, 1.807) is 19.2 Å². The molecule has 1 unspecified atom stereocenters. The number of methoxy groups -OCH3 is 1. The average Bonchev–Trinajstić information content (AvgIpc) is 2.60. The summed E-state index contributed by atoms with van der Waals surface area (Å²) >= 11 is 5.58. The summed E-state index contributed by atoms with van der Waals surface area (Å²) in [6, 6.07) is 14.3. The van der Waals surface area contributed by atoms with Crippen LogP contribution in [0, 0.1) is 15.5 Å². The Labute approximate surface area is 159 Å². The average molecular weight is 372 g/mol. The van der Waals surface area contributed by atoms with E-state index >= 15 is 0 Å². The van der Waals surface area contributed by atoms with Gasteiger partial charge in [-0.25, -0.2) is 0 Å². The Bertz CT molecular complexity index is 782. The van der Waals surface area contributed by atoms with Gasteiger partial charge in [0.05, 0.1) is 23.1 Å². The van der Waals surface area contributed by atoms with Crippen LogP contribution in [-0.2, 0) is 6.42 Å². The topological polar surface area (TPSA) is 64.4 Å². The van der Waals surface area contributed by atoms with Crippen LogP contribution in [0.25, 0.3) is 0 Å². The number of hydrogen-bond acceptors (Lipinski definition) is 4. The first-order chi connectivity index (χ1) is 12.2. The van der Waals surface area contributed by atoms with Crippen molar-refractivity contribution in [1.82, 2.24) is 5.32 Å². The summed E-state index contributed by atoms with van der Waals surface area (Å²) in [6.45, 7) is 6.19. The Morgan fingerprint density at radius 1 is 1.19 bits per heavy atom. The number of nitro benzene ring substituents is 1. The maximum Gasteiger partial charge on any atom is 0.269 e. The first kappa shape index (κ1) is 19.8. The van der Waals surface area contributed by atoms with Gasteiger partial charge in [0.15, 0.2) is 0 Å². The number of ether oxygens (including phenoxy) is 1. The van der Waals surface area contributed by atoms with Gasteiger partial charge in [-0.2, -0.15) is 0 Å². The molecule has 0 aliphatic carbocycles. The zero-order valence-corrected chi connectivity index (χ0v) is 16.3. The van der Waals surface area contributed by atoms with Gasteiger partial charge >= 0.3 is 0 Å². The van der Waals surface area contributed by atoms with Crippen molar-refractivity contribution in [2.24, 2.45) is 5.41 Å². The molecule has 0 aromatic heterocycles. The fraction of sp³-hybridized carbons (Fsp3) is 0.350. The number of benzene rings is 2. The lowest BCUT2D eigenvalue weighted by atomic mass is 9.93. The van der Waals surface area contributed by atoms with Gasteiger partial charge in [-0.3, -0.25) is 10.1 Å². The van der Waals surface area contributed by atoms with Gasteiger partial charge in [-0.1, -0.05) is 63.3 Å². The van der Waals surface area contributed by atoms with E-state index in [2.05, 4.69) is 26.1 Å². The van der Waals surface area contributed by atoms with Gasteiger partial charge in [0, 0.05) is 23.1 Å². The first-order valence-corrected chi connectivity index (χ1v) is 8.80. The molecule has 0 saturated heterocycles. The molecule has 0 fully saturated rings. The van der Waals surface area contributed by atoms with E-state index in [-0.39, 0.29) is 17.1 Å². The minimum atomic E-state index is -0.394. The molecule has 138 valence electrons. The second-order valence-electron chi connectivity index (χ2n) is 7.15. The fourth-order valence-corrected chi connectivity index (χ4v) is 2.70. The van der Waals surface area contributed by atoms with E-state index in [9.17, 15) is 10.1 Å². The molecule has 0 heterocycles. The van der Waals surface area contributed by atoms with Crippen molar-refractivity contribution in [2.45, 2.75) is 33.2 Å². The molecule has 5 nitrogen and oxygen atoms in total. The molecule has 0 bridgehead atoms. The summed E-state index contributed by atoms with van der Waals surface area (Å²) in [5.41, 5.74) is 1.90. The van der Waals surface area contributed by atoms with Crippen LogP contribution in [0.15, 0.2) is 48.5 Å². The number of rotatable bonds is 6. The molecule has 2 aromatic rings. The summed E-state index contributed by atoms with van der Waals surface area (Å²) in [5.74, 6) is 0.781. The maximum absolute atomic E-state index is 10.9. The zero-order valence-electron chi connectivity index (χ0n) is 15.5. The molecule has 0 aliphatic rings. The van der Waals surface area contributed by atoms with Gasteiger partial charge in [-0.15, -0.1) is 0 Å². The minimum Gasteiger partial charge on any atom is -0.496 e. The van der Waals surface area contributed by atoms with E-state index in [0.29, 0.717) is 6.42 Å². The Morgan fingerprint density at radius 2 is 1.81 bits per heavy atom. The van der Waals surface area contributed by atoms with E-state index < -0.39 is 4.92 Å². The van der Waals surface area contributed by atoms with Crippen LogP contribution in [0.1, 0.15) is 37.9 Å². The normalized spacial score (nSPS) is 12.3. The van der Waals surface area contributed by atoms with Gasteiger partial charge in [0.2, 0.25) is 0 Å².